The Morgan fingerprint density at radius 2 is 1.71 bits per heavy atom. The maximum Gasteiger partial charge on any atom is 0.481 e. The molecule has 7 atom stereocenters. The van der Waals surface area contributed by atoms with Crippen molar-refractivity contribution < 1.29 is 89.7 Å². The SMILES string of the molecule is CC(C)(COP(=O)(O)OP(=O)(O)OCC1OC(n2cnc3c(N)ncnc32)C(O)C1OP(=O)(O)O)C(O)C(=O)NCCC(=O)NCCSC(=O)CCC(=O)CF. The Bertz CT molecular complexity index is 1870. The molecule has 0 radical (unpaired) electrons. The predicted octanol–water partition coefficient (Wildman–Crippen LogP) is -1.02. The third-order valence-electron chi connectivity index (χ3n) is 7.52. The van der Waals surface area contributed by atoms with Crippen molar-refractivity contribution in [3.63, 3.8) is 0 Å². The maximum atomic E-state index is 12.6. The highest BCUT2D eigenvalue weighted by molar-refractivity contribution is 8.13. The van der Waals surface area contributed by atoms with Gasteiger partial charge in [-0.15, -0.1) is 0 Å². The number of nitrogens with two attached hydrogens (primary N) is 1. The van der Waals surface area contributed by atoms with Crippen LogP contribution in [0.25, 0.3) is 11.2 Å². The number of phosphoric acid groups is 3. The van der Waals surface area contributed by atoms with Gasteiger partial charge in [0.1, 0.15) is 42.9 Å². The van der Waals surface area contributed by atoms with Gasteiger partial charge in [-0.2, -0.15) is 4.31 Å². The molecule has 3 rings (SSSR count). The summed E-state index contributed by atoms with van der Waals surface area (Å²) < 4.78 is 74.1. The van der Waals surface area contributed by atoms with E-state index in [1.165, 1.54) is 13.8 Å². The Morgan fingerprint density at radius 3 is 2.38 bits per heavy atom. The Labute approximate surface area is 320 Å². The van der Waals surface area contributed by atoms with Gasteiger partial charge in [-0.1, -0.05) is 25.6 Å². The van der Waals surface area contributed by atoms with E-state index in [1.54, 1.807) is 0 Å². The number of imidazole rings is 1. The van der Waals surface area contributed by atoms with Crippen molar-refractivity contribution in [3.05, 3.63) is 12.7 Å². The van der Waals surface area contributed by atoms with E-state index >= 15 is 0 Å². The number of carbonyl (C=O) groups excluding carboxylic acids is 4. The number of nitrogens with zero attached hydrogens (tertiary/aromatic N) is 4. The van der Waals surface area contributed by atoms with E-state index in [0.717, 1.165) is 29.0 Å². The van der Waals surface area contributed by atoms with Crippen molar-refractivity contribution in [2.45, 2.75) is 63.8 Å². The minimum absolute atomic E-state index is 0.0179. The summed E-state index contributed by atoms with van der Waals surface area (Å²) in [5, 5.41) is 25.8. The number of anilines is 1. The molecule has 1 saturated heterocycles. The number of amides is 2. The van der Waals surface area contributed by atoms with E-state index in [9.17, 15) is 67.1 Å². The maximum absolute atomic E-state index is 12.6. The fraction of sp³-hybridized carbons (Fsp3) is 0.654. The zero-order valence-electron chi connectivity index (χ0n) is 29.5. The van der Waals surface area contributed by atoms with Crippen molar-refractivity contribution >= 4 is 74.9 Å². The first-order chi connectivity index (χ1) is 25.9. The summed E-state index contributed by atoms with van der Waals surface area (Å²) in [4.78, 5) is 97.9. The topological polar surface area (TPSA) is 381 Å². The molecule has 1 aliphatic heterocycles. The molecule has 1 fully saturated rings. The van der Waals surface area contributed by atoms with E-state index in [-0.39, 0.29) is 60.2 Å². The second kappa shape index (κ2) is 20.2. The number of aliphatic hydroxyl groups is 2. The Kier molecular flexibility index (Phi) is 17.2. The van der Waals surface area contributed by atoms with Gasteiger partial charge in [-0.3, -0.25) is 37.3 Å². The van der Waals surface area contributed by atoms with Crippen LogP contribution in [0.5, 0.6) is 0 Å². The normalized spacial score (nSPS) is 21.6. The largest absolute Gasteiger partial charge is 0.481 e. The lowest BCUT2D eigenvalue weighted by Crippen LogP contribution is -2.46. The summed E-state index contributed by atoms with van der Waals surface area (Å²) in [6.07, 6.45) is -7.46. The zero-order valence-corrected chi connectivity index (χ0v) is 33.0. The first-order valence-electron chi connectivity index (χ1n) is 16.1. The number of ether oxygens (including phenoxy) is 1. The number of carbonyl (C=O) groups is 4. The Balaban J connectivity index is 1.48. The van der Waals surface area contributed by atoms with E-state index in [1.807, 2.05) is 0 Å². The van der Waals surface area contributed by atoms with Crippen molar-refractivity contribution in [2.24, 2.45) is 5.41 Å². The molecule has 0 aromatic carbocycles. The molecule has 25 nitrogen and oxygen atoms in total. The number of rotatable bonds is 23. The minimum Gasteiger partial charge on any atom is -0.386 e. The summed E-state index contributed by atoms with van der Waals surface area (Å²) in [6.45, 7) is -0.970. The molecule has 10 N–H and O–H groups in total. The molecule has 0 spiro atoms. The Morgan fingerprint density at radius 1 is 1.04 bits per heavy atom. The quantitative estimate of drug-likeness (QED) is 0.0476. The van der Waals surface area contributed by atoms with Gasteiger partial charge in [0.15, 0.2) is 28.6 Å². The minimum atomic E-state index is -5.59. The van der Waals surface area contributed by atoms with Gasteiger partial charge in [-0.25, -0.2) is 33.0 Å². The first-order valence-corrected chi connectivity index (χ1v) is 21.6. The fourth-order valence-electron chi connectivity index (χ4n) is 4.68. The summed E-state index contributed by atoms with van der Waals surface area (Å²) in [5.41, 5.74) is 4.19. The molecule has 7 unspecified atom stereocenters. The monoisotopic (exact) mass is 883 g/mol. The molecule has 1 aliphatic rings. The number of hydrogen-bond donors (Lipinski definition) is 9. The zero-order chi connectivity index (χ0) is 42.1. The highest BCUT2D eigenvalue weighted by Crippen LogP contribution is 2.61. The van der Waals surface area contributed by atoms with Gasteiger partial charge in [0.2, 0.25) is 11.8 Å². The highest BCUT2D eigenvalue weighted by Gasteiger charge is 2.50. The van der Waals surface area contributed by atoms with Crippen molar-refractivity contribution in [2.75, 3.05) is 44.5 Å². The van der Waals surface area contributed by atoms with E-state index in [2.05, 4.69) is 34.4 Å². The van der Waals surface area contributed by atoms with Crippen molar-refractivity contribution in [1.82, 2.24) is 30.2 Å². The van der Waals surface area contributed by atoms with Crippen LogP contribution < -0.4 is 16.4 Å². The second-order valence-corrected chi connectivity index (χ2v) is 17.9. The van der Waals surface area contributed by atoms with Crippen molar-refractivity contribution in [1.29, 1.82) is 0 Å². The molecular formula is C26H41FN7O18P3S. The lowest BCUT2D eigenvalue weighted by atomic mass is 9.87. The third-order valence-corrected chi connectivity index (χ3v) is 11.6. The van der Waals surface area contributed by atoms with Gasteiger partial charge < -0.3 is 50.9 Å². The molecule has 0 aliphatic carbocycles. The first kappa shape index (κ1) is 47.5. The summed E-state index contributed by atoms with van der Waals surface area (Å²) in [5.74, 6) is -2.11. The second-order valence-electron chi connectivity index (χ2n) is 12.5. The van der Waals surface area contributed by atoms with Crippen LogP contribution in [0.4, 0.5) is 10.2 Å². The summed E-state index contributed by atoms with van der Waals surface area (Å²) in [7, 11) is -16.4. The average molecular weight is 884 g/mol. The van der Waals surface area contributed by atoms with Crippen LogP contribution in [-0.2, 0) is 55.5 Å². The standard InChI is InChI=1S/C26H41FN7O18P3S/c1-26(2,21(39)24(40)30-6-5-16(36)29-7-8-56-17(37)4-3-14(35)9-27)11-49-55(46,47)52-54(44,45)48-10-15-20(51-53(41,42)43)19(38)25(50-15)34-13-33-18-22(28)31-12-32-23(18)34/h12-13,15,19-21,25,38-39H,3-11H2,1-2H3,(H,29,36)(H,30,40)(H,44,45)(H,46,47)(H2,28,31,32)(H2,41,42,43). The third kappa shape index (κ3) is 14.5. The van der Waals surface area contributed by atoms with Crippen LogP contribution in [0.1, 0.15) is 39.3 Å². The highest BCUT2D eigenvalue weighted by atomic mass is 32.2. The molecule has 30 heteroatoms. The number of phosphoric ester groups is 3. The molecule has 2 aromatic heterocycles. The van der Waals surface area contributed by atoms with Gasteiger partial charge in [0.25, 0.3) is 0 Å². The smallest absolute Gasteiger partial charge is 0.386 e. The molecule has 56 heavy (non-hydrogen) atoms. The number of ketones is 1. The van der Waals surface area contributed by atoms with Gasteiger partial charge in [0, 0.05) is 43.5 Å². The summed E-state index contributed by atoms with van der Waals surface area (Å²) >= 11 is 0.848. The van der Waals surface area contributed by atoms with Crippen LogP contribution >= 0.6 is 35.2 Å². The number of nitrogen functional groups attached to an aromatic ring is 1. The number of Topliss-reactive ketones (excluding diaryl/α,β-unsaturated/α-hetero) is 1. The van der Waals surface area contributed by atoms with Gasteiger partial charge in [0.05, 0.1) is 19.5 Å². The number of thioether (sulfide) groups is 1. The number of hydrogen-bond acceptors (Lipinski definition) is 19. The number of fused-ring (bicyclic) bond motifs is 1. The van der Waals surface area contributed by atoms with Crippen molar-refractivity contribution in [3.8, 4) is 0 Å². The van der Waals surface area contributed by atoms with E-state index in [4.69, 9.17) is 19.5 Å². The van der Waals surface area contributed by atoms with Gasteiger partial charge in [-0.05, 0) is 0 Å². The molecular weight excluding hydrogens is 842 g/mol. The molecule has 3 heterocycles. The number of nitrogens with one attached hydrogen (secondary N) is 2. The van der Waals surface area contributed by atoms with Crippen LogP contribution in [0.15, 0.2) is 12.7 Å². The number of halogens is 1. The van der Waals surface area contributed by atoms with Gasteiger partial charge >= 0.3 is 23.5 Å². The predicted molar refractivity (Wildman–Crippen MR) is 187 cm³/mol. The average Bonchev–Trinajstić information content (AvgIpc) is 3.66. The van der Waals surface area contributed by atoms with E-state index in [0.29, 0.717) is 0 Å². The van der Waals surface area contributed by atoms with Crippen LogP contribution in [0.2, 0.25) is 0 Å². The number of aromatic nitrogens is 4. The lowest BCUT2D eigenvalue weighted by Gasteiger charge is -2.30. The van der Waals surface area contributed by atoms with Crippen LogP contribution in [-0.4, -0.2) is 135 Å². The lowest BCUT2D eigenvalue weighted by molar-refractivity contribution is -0.137. The number of aliphatic hydroxyl groups excluding tert-OH is 2. The molecule has 2 amide bonds. The van der Waals surface area contributed by atoms with Crippen LogP contribution in [0.3, 0.4) is 0 Å². The molecule has 0 saturated carbocycles. The number of alkyl halides is 1. The molecule has 2 aromatic rings. The molecule has 0 bridgehead atoms. The molecule has 316 valence electrons. The Hall–Kier alpha value is -2.84. The van der Waals surface area contributed by atoms with E-state index < -0.39 is 97.0 Å². The van der Waals surface area contributed by atoms with Crippen LogP contribution in [0, 0.1) is 5.41 Å². The fourth-order valence-corrected chi connectivity index (χ4v) is 8.18. The summed E-state index contributed by atoms with van der Waals surface area (Å²) in [6, 6.07) is 0.